The molecule has 1 aliphatic rings. The molecule has 0 aromatic heterocycles. The number of carbonyl (C=O) groups is 2. The third-order valence-electron chi connectivity index (χ3n) is 4.82. The van der Waals surface area contributed by atoms with E-state index in [1.54, 1.807) is 0 Å². The number of hydrogen-bond acceptors (Lipinski definition) is 3. The van der Waals surface area contributed by atoms with Gasteiger partial charge in [0.25, 0.3) is 0 Å². The van der Waals surface area contributed by atoms with E-state index in [2.05, 4.69) is 19.1 Å². The van der Waals surface area contributed by atoms with Crippen molar-refractivity contribution in [3.8, 4) is 0 Å². The highest BCUT2D eigenvalue weighted by Gasteiger charge is 2.65. The Labute approximate surface area is 126 Å². The first-order valence-corrected chi connectivity index (χ1v) is 7.37. The Morgan fingerprint density at radius 1 is 1.10 bits per heavy atom. The molecule has 0 bridgehead atoms. The fraction of sp³-hybridized carbons (Fsp3) is 0.556. The van der Waals surface area contributed by atoms with Gasteiger partial charge in [-0.25, -0.2) is 0 Å². The van der Waals surface area contributed by atoms with E-state index in [4.69, 9.17) is 4.74 Å². The molecule has 21 heavy (non-hydrogen) atoms. The average molecular weight is 288 g/mol. The normalized spacial score (nSPS) is 22.8. The van der Waals surface area contributed by atoms with E-state index in [1.807, 2.05) is 27.7 Å². The standard InChI is InChI=1S/C18H24O3/c1-10-7-11(2)13(12(3)8-10)9-14(19)15-16(17(20)21-6)18(15,4)5/h7-8,15-16H,9H2,1-6H3. The molecule has 1 aromatic carbocycles. The summed E-state index contributed by atoms with van der Waals surface area (Å²) in [4.78, 5) is 24.4. The van der Waals surface area contributed by atoms with Crippen LogP contribution < -0.4 is 0 Å². The third kappa shape index (κ3) is 2.74. The average Bonchev–Trinajstić information content (AvgIpc) is 2.95. The van der Waals surface area contributed by atoms with Crippen LogP contribution in [0.1, 0.15) is 36.1 Å². The van der Waals surface area contributed by atoms with Crippen molar-refractivity contribution in [3.05, 3.63) is 34.4 Å². The number of esters is 1. The Morgan fingerprint density at radius 3 is 2.10 bits per heavy atom. The first-order chi connectivity index (χ1) is 9.70. The van der Waals surface area contributed by atoms with Gasteiger partial charge in [-0.05, 0) is 42.9 Å². The summed E-state index contributed by atoms with van der Waals surface area (Å²) in [6.07, 6.45) is 0.402. The zero-order valence-electron chi connectivity index (χ0n) is 13.7. The van der Waals surface area contributed by atoms with E-state index in [0.29, 0.717) is 6.42 Å². The van der Waals surface area contributed by atoms with E-state index < -0.39 is 0 Å². The van der Waals surface area contributed by atoms with Crippen molar-refractivity contribution in [1.82, 2.24) is 0 Å². The van der Waals surface area contributed by atoms with Crippen LogP contribution in [-0.4, -0.2) is 18.9 Å². The highest BCUT2D eigenvalue weighted by atomic mass is 16.5. The van der Waals surface area contributed by atoms with Crippen molar-refractivity contribution in [3.63, 3.8) is 0 Å². The van der Waals surface area contributed by atoms with Crippen LogP contribution in [0.4, 0.5) is 0 Å². The summed E-state index contributed by atoms with van der Waals surface area (Å²) in [5.41, 5.74) is 4.32. The molecule has 0 N–H and O–H groups in total. The monoisotopic (exact) mass is 288 g/mol. The minimum Gasteiger partial charge on any atom is -0.469 e. The minimum absolute atomic E-state index is 0.144. The number of aryl methyl sites for hydroxylation is 3. The number of carbonyl (C=O) groups excluding carboxylic acids is 2. The van der Waals surface area contributed by atoms with Crippen LogP contribution in [-0.2, 0) is 20.7 Å². The van der Waals surface area contributed by atoms with Crippen LogP contribution in [0.3, 0.4) is 0 Å². The van der Waals surface area contributed by atoms with E-state index in [1.165, 1.54) is 12.7 Å². The maximum absolute atomic E-state index is 12.6. The highest BCUT2D eigenvalue weighted by Crippen LogP contribution is 2.59. The maximum Gasteiger partial charge on any atom is 0.309 e. The molecule has 3 heteroatoms. The topological polar surface area (TPSA) is 43.4 Å². The van der Waals surface area contributed by atoms with E-state index in [0.717, 1.165) is 16.7 Å². The molecule has 1 aromatic rings. The van der Waals surface area contributed by atoms with E-state index in [9.17, 15) is 9.59 Å². The molecule has 3 nitrogen and oxygen atoms in total. The number of benzene rings is 1. The second-order valence-electron chi connectivity index (χ2n) is 6.82. The quantitative estimate of drug-likeness (QED) is 0.799. The first-order valence-electron chi connectivity index (χ1n) is 7.37. The van der Waals surface area contributed by atoms with Crippen molar-refractivity contribution in [2.45, 2.75) is 41.0 Å². The van der Waals surface area contributed by atoms with Gasteiger partial charge in [-0.1, -0.05) is 31.5 Å². The molecule has 0 heterocycles. The Hall–Kier alpha value is -1.64. The highest BCUT2D eigenvalue weighted by molar-refractivity contribution is 5.94. The molecule has 2 atom stereocenters. The summed E-state index contributed by atoms with van der Waals surface area (Å²) < 4.78 is 4.81. The summed E-state index contributed by atoms with van der Waals surface area (Å²) >= 11 is 0. The SMILES string of the molecule is COC(=O)C1C(C(=O)Cc2c(C)cc(C)cc2C)C1(C)C. The maximum atomic E-state index is 12.6. The van der Waals surface area contributed by atoms with Gasteiger partial charge in [0.1, 0.15) is 5.78 Å². The molecule has 0 radical (unpaired) electrons. The van der Waals surface area contributed by atoms with Gasteiger partial charge in [0.2, 0.25) is 0 Å². The van der Waals surface area contributed by atoms with Crippen molar-refractivity contribution < 1.29 is 14.3 Å². The molecule has 1 fully saturated rings. The number of ether oxygens (including phenoxy) is 1. The molecular weight excluding hydrogens is 264 g/mol. The summed E-state index contributed by atoms with van der Waals surface area (Å²) in [6.45, 7) is 10.1. The van der Waals surface area contributed by atoms with Crippen molar-refractivity contribution >= 4 is 11.8 Å². The van der Waals surface area contributed by atoms with Crippen LogP contribution in [0.15, 0.2) is 12.1 Å². The first kappa shape index (κ1) is 15.7. The smallest absolute Gasteiger partial charge is 0.309 e. The van der Waals surface area contributed by atoms with Gasteiger partial charge in [0.05, 0.1) is 13.0 Å². The number of rotatable bonds is 4. The summed E-state index contributed by atoms with van der Waals surface area (Å²) in [7, 11) is 1.38. The number of ketones is 1. The number of methoxy groups -OCH3 is 1. The molecule has 2 unspecified atom stereocenters. The van der Waals surface area contributed by atoms with Gasteiger partial charge < -0.3 is 4.74 Å². The second-order valence-corrected chi connectivity index (χ2v) is 6.82. The van der Waals surface area contributed by atoms with Gasteiger partial charge in [0.15, 0.2) is 0 Å². The van der Waals surface area contributed by atoms with Gasteiger partial charge in [-0.3, -0.25) is 9.59 Å². The number of Topliss-reactive ketones (excluding diaryl/α,β-unsaturated/α-hetero) is 1. The molecule has 1 saturated carbocycles. The van der Waals surface area contributed by atoms with Crippen LogP contribution >= 0.6 is 0 Å². The van der Waals surface area contributed by atoms with Gasteiger partial charge in [0, 0.05) is 12.3 Å². The predicted octanol–water partition coefficient (Wildman–Crippen LogP) is 3.17. The number of hydrogen-bond donors (Lipinski definition) is 0. The van der Waals surface area contributed by atoms with Gasteiger partial charge >= 0.3 is 5.97 Å². The molecule has 114 valence electrons. The summed E-state index contributed by atoms with van der Waals surface area (Å²) in [6, 6.07) is 4.21. The van der Waals surface area contributed by atoms with E-state index >= 15 is 0 Å². The summed E-state index contributed by atoms with van der Waals surface area (Å²) in [5, 5.41) is 0. The Bertz CT molecular complexity index is 575. The Kier molecular flexibility index (Phi) is 3.96. The van der Waals surface area contributed by atoms with E-state index in [-0.39, 0.29) is 29.0 Å². The largest absolute Gasteiger partial charge is 0.469 e. The van der Waals surface area contributed by atoms with Gasteiger partial charge in [-0.15, -0.1) is 0 Å². The predicted molar refractivity (Wildman–Crippen MR) is 82.1 cm³/mol. The zero-order valence-corrected chi connectivity index (χ0v) is 13.7. The molecular formula is C18H24O3. The Morgan fingerprint density at radius 2 is 1.62 bits per heavy atom. The van der Waals surface area contributed by atoms with Crippen LogP contribution in [0.2, 0.25) is 0 Å². The van der Waals surface area contributed by atoms with Crippen LogP contribution in [0.5, 0.6) is 0 Å². The lowest BCUT2D eigenvalue weighted by Crippen LogP contribution is -2.13. The zero-order chi connectivity index (χ0) is 15.9. The lowest BCUT2D eigenvalue weighted by molar-refractivity contribution is -0.143. The second kappa shape index (κ2) is 5.28. The summed E-state index contributed by atoms with van der Waals surface area (Å²) in [5.74, 6) is -0.632. The van der Waals surface area contributed by atoms with Crippen molar-refractivity contribution in [2.24, 2.45) is 17.3 Å². The molecule has 2 rings (SSSR count). The Balaban J connectivity index is 2.19. The molecule has 1 aliphatic carbocycles. The molecule has 0 aliphatic heterocycles. The molecule has 0 spiro atoms. The van der Waals surface area contributed by atoms with Gasteiger partial charge in [-0.2, -0.15) is 0 Å². The fourth-order valence-electron chi connectivity index (χ4n) is 3.58. The molecule has 0 amide bonds. The fourth-order valence-corrected chi connectivity index (χ4v) is 3.58. The molecule has 0 saturated heterocycles. The van der Waals surface area contributed by atoms with Crippen molar-refractivity contribution in [2.75, 3.05) is 7.11 Å². The van der Waals surface area contributed by atoms with Crippen LogP contribution in [0.25, 0.3) is 0 Å². The third-order valence-corrected chi connectivity index (χ3v) is 4.82. The minimum atomic E-state index is -0.291. The lowest BCUT2D eigenvalue weighted by Gasteiger charge is -2.11. The van der Waals surface area contributed by atoms with Crippen LogP contribution in [0, 0.1) is 38.0 Å². The lowest BCUT2D eigenvalue weighted by atomic mass is 9.93. The van der Waals surface area contributed by atoms with Crippen molar-refractivity contribution in [1.29, 1.82) is 0 Å².